The first-order valence-corrected chi connectivity index (χ1v) is 15.4. The number of benzene rings is 7. The van der Waals surface area contributed by atoms with Crippen LogP contribution in [0.25, 0.3) is 94.7 Å². The topological polar surface area (TPSA) is 56.7 Å². The number of aromatic nitrogens is 4. The summed E-state index contributed by atoms with van der Waals surface area (Å²) in [5.74, 6) is -0.0512. The van der Waals surface area contributed by atoms with Gasteiger partial charge in [0.2, 0.25) is 0 Å². The lowest BCUT2D eigenvalue weighted by atomic mass is 10.1. The average Bonchev–Trinajstić information content (AvgIpc) is 3.88. The first-order valence-electron chi connectivity index (χ1n) is 23.4. The highest BCUT2D eigenvalue weighted by Crippen LogP contribution is 2.36. The first kappa shape index (κ1) is 16.5. The number of nitrogens with zero attached hydrogens (tertiary/aromatic N) is 4. The van der Waals surface area contributed by atoms with Crippen molar-refractivity contribution in [2.75, 3.05) is 0 Å². The van der Waals surface area contributed by atoms with Crippen LogP contribution in [-0.2, 0) is 0 Å². The molecule has 0 radical (unpaired) electrons. The molecule has 5 heteroatoms. The molecule has 5 nitrogen and oxygen atoms in total. The molecule has 3 aromatic heterocycles. The fraction of sp³-hybridized carbons (Fsp3) is 0. The highest BCUT2D eigenvalue weighted by molar-refractivity contribution is 6.10. The molecule has 0 unspecified atom stereocenters. The SMILES string of the molecule is [2H]c1c([2H])c([2H])c(-c2c([2H])c([2H])c(-n3c4c([2H])c([2H])c([2H])c([2H])c4c4c([2H])c([2H])c(-c5nc(-c6ccccc6)nc(-c6ccc7c(c6)oc6ccccc67)n5)c([2H])c43)c([2H])c2[2H])c([2H])c1[2H]. The fourth-order valence-electron chi connectivity index (χ4n) is 5.96. The van der Waals surface area contributed by atoms with Gasteiger partial charge in [0.05, 0.1) is 33.0 Å². The highest BCUT2D eigenvalue weighted by atomic mass is 16.3. The van der Waals surface area contributed by atoms with Gasteiger partial charge in [-0.25, -0.2) is 15.0 Å². The molecule has 234 valence electrons. The van der Waals surface area contributed by atoms with Crippen molar-refractivity contribution >= 4 is 43.7 Å². The van der Waals surface area contributed by atoms with E-state index in [1.165, 1.54) is 0 Å². The van der Waals surface area contributed by atoms with Crippen LogP contribution in [0.3, 0.4) is 0 Å². The molecule has 10 rings (SSSR count). The van der Waals surface area contributed by atoms with Gasteiger partial charge in [-0.05, 0) is 53.5 Å². The summed E-state index contributed by atoms with van der Waals surface area (Å²) in [5.41, 5.74) is -0.926. The number of hydrogen-bond acceptors (Lipinski definition) is 4. The first-order chi connectivity index (χ1) is 31.4. The third kappa shape index (κ3) is 4.67. The number of furan rings is 1. The molecule has 0 saturated heterocycles. The Morgan fingerprint density at radius 1 is 0.440 bits per heavy atom. The Kier molecular flexibility index (Phi) is 3.76. The van der Waals surface area contributed by atoms with Crippen molar-refractivity contribution < 1.29 is 26.3 Å². The predicted molar refractivity (Wildman–Crippen MR) is 203 cm³/mol. The zero-order valence-electron chi connectivity index (χ0n) is 41.6. The number of fused-ring (bicyclic) bond motifs is 6. The van der Waals surface area contributed by atoms with Crippen LogP contribution in [0.5, 0.6) is 0 Å². The molecule has 0 bridgehead atoms. The summed E-state index contributed by atoms with van der Waals surface area (Å²) in [6.07, 6.45) is 0. The Morgan fingerprint density at radius 2 is 1.08 bits per heavy atom. The zero-order valence-corrected chi connectivity index (χ0v) is 25.6. The molecule has 0 aliphatic heterocycles. The van der Waals surface area contributed by atoms with Crippen LogP contribution in [0.2, 0.25) is 0 Å². The summed E-state index contributed by atoms with van der Waals surface area (Å²) in [6.45, 7) is 0. The van der Waals surface area contributed by atoms with Gasteiger partial charge in [0.25, 0.3) is 0 Å². The Hall–Kier alpha value is -6.85. The van der Waals surface area contributed by atoms with E-state index < -0.39 is 125 Å². The lowest BCUT2D eigenvalue weighted by Gasteiger charge is -2.11. The zero-order chi connectivity index (χ0) is 46.9. The van der Waals surface area contributed by atoms with E-state index in [9.17, 15) is 6.85 Å². The van der Waals surface area contributed by atoms with Crippen LogP contribution in [0.15, 0.2) is 174 Å². The second kappa shape index (κ2) is 11.4. The number of para-hydroxylation sites is 2. The number of hydrogen-bond donors (Lipinski definition) is 0. The summed E-state index contributed by atoms with van der Waals surface area (Å²) in [7, 11) is 0. The molecule has 0 atom stereocenters. The lowest BCUT2D eigenvalue weighted by molar-refractivity contribution is 0.669. The minimum absolute atomic E-state index is 0.0922. The molecule has 0 aliphatic rings. The van der Waals surface area contributed by atoms with E-state index in [0.717, 1.165) is 15.3 Å². The molecule has 0 spiro atoms. The standard InChI is InChI=1S/C45H28N4O/c1-3-11-29(12-4-1)30-19-23-34(24-20-30)49-39-17-9-7-15-35(39)36-25-21-32(27-40(36)49)44-46-43(31-13-5-2-6-14-31)47-45(48-44)33-22-26-38-37-16-8-10-18-41(37)50-42(38)28-33/h1-28H/i1D,3D,4D,7D,9D,11D,12D,15D,17D,19D,20D,21D,23D,24D,25D,27D. The van der Waals surface area contributed by atoms with Crippen LogP contribution in [0.4, 0.5) is 0 Å². The minimum Gasteiger partial charge on any atom is -0.456 e. The van der Waals surface area contributed by atoms with Crippen molar-refractivity contribution in [3.63, 3.8) is 0 Å². The largest absolute Gasteiger partial charge is 0.456 e. The maximum absolute atomic E-state index is 9.87. The molecule has 0 saturated carbocycles. The monoisotopic (exact) mass is 656 g/mol. The third-order valence-electron chi connectivity index (χ3n) is 8.27. The maximum Gasteiger partial charge on any atom is 0.164 e. The quantitative estimate of drug-likeness (QED) is 0.185. The van der Waals surface area contributed by atoms with Gasteiger partial charge in [0.15, 0.2) is 17.5 Å². The van der Waals surface area contributed by atoms with Crippen molar-refractivity contribution in [2.45, 2.75) is 0 Å². The average molecular weight is 657 g/mol. The molecule has 0 N–H and O–H groups in total. The summed E-state index contributed by atoms with van der Waals surface area (Å²) >= 11 is 0. The molecule has 3 heterocycles. The Labute approximate surface area is 310 Å². The van der Waals surface area contributed by atoms with E-state index in [-0.39, 0.29) is 33.8 Å². The van der Waals surface area contributed by atoms with Gasteiger partial charge in [-0.3, -0.25) is 0 Å². The van der Waals surface area contributed by atoms with E-state index in [0.29, 0.717) is 22.3 Å². The summed E-state index contributed by atoms with van der Waals surface area (Å²) < 4.78 is 150. The van der Waals surface area contributed by atoms with E-state index in [2.05, 4.69) is 0 Å². The maximum atomic E-state index is 9.87. The van der Waals surface area contributed by atoms with Gasteiger partial charge >= 0.3 is 0 Å². The summed E-state index contributed by atoms with van der Waals surface area (Å²) in [4.78, 5) is 14.2. The van der Waals surface area contributed by atoms with Crippen molar-refractivity contribution in [2.24, 2.45) is 0 Å². The molecule has 0 aliphatic carbocycles. The van der Waals surface area contributed by atoms with Crippen LogP contribution in [0, 0.1) is 0 Å². The van der Waals surface area contributed by atoms with Gasteiger partial charge in [-0.1, -0.05) is 127 Å². The lowest BCUT2D eigenvalue weighted by Crippen LogP contribution is -2.00. The predicted octanol–water partition coefficient (Wildman–Crippen LogP) is 11.5. The smallest absolute Gasteiger partial charge is 0.164 e. The van der Waals surface area contributed by atoms with Crippen LogP contribution >= 0.6 is 0 Å². The molecular weight excluding hydrogens is 613 g/mol. The molecule has 50 heavy (non-hydrogen) atoms. The second-order valence-corrected chi connectivity index (χ2v) is 11.2. The highest BCUT2D eigenvalue weighted by Gasteiger charge is 2.17. The van der Waals surface area contributed by atoms with E-state index in [4.69, 9.17) is 34.4 Å². The van der Waals surface area contributed by atoms with Crippen molar-refractivity contribution in [1.82, 2.24) is 19.5 Å². The van der Waals surface area contributed by atoms with Gasteiger partial charge in [0, 0.05) is 43.9 Å². The molecular formula is C45H28N4O. The molecule has 0 fully saturated rings. The summed E-state index contributed by atoms with van der Waals surface area (Å²) in [6, 6.07) is 9.55. The van der Waals surface area contributed by atoms with Gasteiger partial charge in [-0.15, -0.1) is 0 Å². The van der Waals surface area contributed by atoms with Crippen molar-refractivity contribution in [3.8, 4) is 51.0 Å². The van der Waals surface area contributed by atoms with Gasteiger partial charge in [0.1, 0.15) is 11.2 Å². The fourth-order valence-corrected chi connectivity index (χ4v) is 5.96. The second-order valence-electron chi connectivity index (χ2n) is 11.2. The van der Waals surface area contributed by atoms with E-state index in [1.807, 2.05) is 30.3 Å². The Bertz CT molecular complexity index is 3740. The molecule has 0 amide bonds. The summed E-state index contributed by atoms with van der Waals surface area (Å²) in [5, 5.41) is 1.03. The van der Waals surface area contributed by atoms with Crippen LogP contribution in [0.1, 0.15) is 21.9 Å². The Morgan fingerprint density at radius 3 is 1.92 bits per heavy atom. The van der Waals surface area contributed by atoms with Gasteiger partial charge in [-0.2, -0.15) is 0 Å². The molecule has 10 aromatic rings. The third-order valence-corrected chi connectivity index (χ3v) is 8.27. The van der Waals surface area contributed by atoms with E-state index >= 15 is 0 Å². The van der Waals surface area contributed by atoms with Crippen LogP contribution < -0.4 is 0 Å². The van der Waals surface area contributed by atoms with Crippen molar-refractivity contribution in [3.05, 3.63) is 169 Å². The van der Waals surface area contributed by atoms with Crippen molar-refractivity contribution in [1.29, 1.82) is 0 Å². The van der Waals surface area contributed by atoms with E-state index in [1.54, 1.807) is 42.5 Å². The normalized spacial score (nSPS) is 16.1. The van der Waals surface area contributed by atoms with Gasteiger partial charge < -0.3 is 8.98 Å². The Balaban J connectivity index is 1.32. The van der Waals surface area contributed by atoms with Crippen LogP contribution in [-0.4, -0.2) is 19.5 Å². The molecule has 7 aromatic carbocycles. The number of rotatable bonds is 5. The minimum atomic E-state index is -0.874.